The zero-order valence-electron chi connectivity index (χ0n) is 14.9. The molecule has 24 heavy (non-hydrogen) atoms. The monoisotopic (exact) mass is 463 g/mol. The van der Waals surface area contributed by atoms with Gasteiger partial charge in [-0.25, -0.2) is 4.99 Å². The first kappa shape index (κ1) is 21.6. The average Bonchev–Trinajstić information content (AvgIpc) is 2.58. The highest BCUT2D eigenvalue weighted by Gasteiger charge is 2.31. The number of rotatable bonds is 6. The predicted molar refractivity (Wildman–Crippen MR) is 116 cm³/mol. The molecule has 0 aliphatic carbocycles. The third kappa shape index (κ3) is 6.80. The van der Waals surface area contributed by atoms with Crippen LogP contribution in [0.5, 0.6) is 0 Å². The quantitative estimate of drug-likeness (QED) is 0.385. The van der Waals surface area contributed by atoms with E-state index in [0.29, 0.717) is 6.54 Å². The summed E-state index contributed by atoms with van der Waals surface area (Å²) in [5.74, 6) is 0.897. The summed E-state index contributed by atoms with van der Waals surface area (Å²) in [5.41, 5.74) is 2.52. The first-order chi connectivity index (χ1) is 11.2. The average molecular weight is 463 g/mol. The Morgan fingerprint density at radius 2 is 2.04 bits per heavy atom. The minimum atomic E-state index is 0. The Bertz CT molecular complexity index is 519. The van der Waals surface area contributed by atoms with Crippen LogP contribution >= 0.6 is 35.7 Å². The van der Waals surface area contributed by atoms with Gasteiger partial charge in [-0.2, -0.15) is 11.8 Å². The van der Waals surface area contributed by atoms with Crippen LogP contribution in [0.25, 0.3) is 0 Å². The van der Waals surface area contributed by atoms with E-state index in [-0.39, 0.29) is 28.7 Å². The maximum absolute atomic E-state index is 5.51. The van der Waals surface area contributed by atoms with Crippen LogP contribution in [0.3, 0.4) is 0 Å². The summed E-state index contributed by atoms with van der Waals surface area (Å²) in [5, 5.41) is 6.88. The molecule has 0 spiro atoms. The van der Waals surface area contributed by atoms with Gasteiger partial charge in [0.15, 0.2) is 5.96 Å². The van der Waals surface area contributed by atoms with Crippen LogP contribution in [0.15, 0.2) is 29.3 Å². The van der Waals surface area contributed by atoms with Crippen LogP contribution < -0.4 is 10.6 Å². The van der Waals surface area contributed by atoms with E-state index in [1.165, 1.54) is 11.1 Å². The maximum atomic E-state index is 5.51. The molecule has 0 unspecified atom stereocenters. The summed E-state index contributed by atoms with van der Waals surface area (Å²) in [4.78, 5) is 4.73. The molecule has 0 amide bonds. The zero-order valence-corrected chi connectivity index (χ0v) is 18.1. The fourth-order valence-corrected chi connectivity index (χ4v) is 3.56. The highest BCUT2D eigenvalue weighted by molar-refractivity contribution is 14.0. The minimum Gasteiger partial charge on any atom is -0.381 e. The van der Waals surface area contributed by atoms with Gasteiger partial charge in [-0.05, 0) is 38.5 Å². The van der Waals surface area contributed by atoms with E-state index in [1.807, 2.05) is 11.8 Å². The molecule has 1 aliphatic heterocycles. The zero-order chi connectivity index (χ0) is 16.5. The number of hydrogen-bond donors (Lipinski definition) is 2. The first-order valence-corrected chi connectivity index (χ1v) is 9.60. The molecule has 1 heterocycles. The third-order valence-electron chi connectivity index (χ3n) is 4.26. The van der Waals surface area contributed by atoms with Gasteiger partial charge in [0, 0.05) is 31.1 Å². The number of benzene rings is 1. The molecule has 136 valence electrons. The molecular weight excluding hydrogens is 433 g/mol. The van der Waals surface area contributed by atoms with Gasteiger partial charge >= 0.3 is 0 Å². The van der Waals surface area contributed by atoms with Crippen LogP contribution in [0.4, 0.5) is 0 Å². The molecule has 1 fully saturated rings. The van der Waals surface area contributed by atoms with Crippen molar-refractivity contribution < 1.29 is 4.74 Å². The number of nitrogens with zero attached hydrogens (tertiary/aromatic N) is 1. The Kier molecular flexibility index (Phi) is 10.1. The Morgan fingerprint density at radius 1 is 1.29 bits per heavy atom. The van der Waals surface area contributed by atoms with Gasteiger partial charge in [-0.1, -0.05) is 29.8 Å². The topological polar surface area (TPSA) is 45.7 Å². The number of ether oxygens (including phenoxy) is 1. The van der Waals surface area contributed by atoms with E-state index in [4.69, 9.17) is 9.73 Å². The smallest absolute Gasteiger partial charge is 0.191 e. The van der Waals surface area contributed by atoms with Crippen molar-refractivity contribution in [1.29, 1.82) is 0 Å². The van der Waals surface area contributed by atoms with Crippen molar-refractivity contribution >= 4 is 41.7 Å². The summed E-state index contributed by atoms with van der Waals surface area (Å²) in [6.45, 7) is 8.43. The molecule has 1 aliphatic rings. The van der Waals surface area contributed by atoms with E-state index < -0.39 is 0 Å². The number of aryl methyl sites for hydroxylation is 1. The van der Waals surface area contributed by atoms with E-state index in [2.05, 4.69) is 55.0 Å². The number of halogens is 1. The molecule has 1 aromatic carbocycles. The maximum Gasteiger partial charge on any atom is 0.191 e. The summed E-state index contributed by atoms with van der Waals surface area (Å²) < 4.78 is 5.77. The van der Waals surface area contributed by atoms with Gasteiger partial charge in [-0.3, -0.25) is 0 Å². The fraction of sp³-hybridized carbons (Fsp3) is 0.611. The summed E-state index contributed by atoms with van der Waals surface area (Å²) in [7, 11) is 0. The van der Waals surface area contributed by atoms with Gasteiger partial charge in [0.1, 0.15) is 0 Å². The van der Waals surface area contributed by atoms with Crippen molar-refractivity contribution in [2.45, 2.75) is 38.0 Å². The lowest BCUT2D eigenvalue weighted by molar-refractivity contribution is 0.0783. The van der Waals surface area contributed by atoms with Crippen LogP contribution in [0.1, 0.15) is 30.9 Å². The number of thioether (sulfide) groups is 1. The van der Waals surface area contributed by atoms with Crippen LogP contribution in [0.2, 0.25) is 0 Å². The molecule has 0 radical (unpaired) electrons. The second-order valence-corrected chi connectivity index (χ2v) is 7.31. The van der Waals surface area contributed by atoms with Crippen LogP contribution in [-0.4, -0.2) is 43.3 Å². The number of guanidine groups is 1. The molecule has 0 bridgehead atoms. The fourth-order valence-electron chi connectivity index (χ4n) is 2.76. The molecule has 0 aromatic heterocycles. The van der Waals surface area contributed by atoms with Gasteiger partial charge in [-0.15, -0.1) is 24.0 Å². The lowest BCUT2D eigenvalue weighted by atomic mass is 9.99. The molecule has 4 nitrogen and oxygen atoms in total. The standard InChI is InChI=1S/C18H29N3OS.HI/c1-4-19-17(20-13-16-7-5-6-15(2)12-16)21-14-18(23-3)8-10-22-11-9-18;/h5-7,12H,4,8-11,13-14H2,1-3H3,(H2,19,20,21);1H. The molecule has 2 rings (SSSR count). The second-order valence-electron chi connectivity index (χ2n) is 6.04. The minimum absolute atomic E-state index is 0. The number of nitrogens with one attached hydrogen (secondary N) is 2. The van der Waals surface area contributed by atoms with Gasteiger partial charge in [0.05, 0.1) is 6.54 Å². The summed E-state index contributed by atoms with van der Waals surface area (Å²) in [6.07, 6.45) is 4.39. The normalized spacial score (nSPS) is 17.0. The SMILES string of the molecule is CCNC(=NCc1cccc(C)c1)NCC1(SC)CCOCC1.I. The first-order valence-electron chi connectivity index (χ1n) is 8.38. The molecule has 0 saturated carbocycles. The molecule has 6 heteroatoms. The molecule has 2 N–H and O–H groups in total. The largest absolute Gasteiger partial charge is 0.381 e. The summed E-state index contributed by atoms with van der Waals surface area (Å²) in [6, 6.07) is 8.52. The molecular formula is C18H30IN3OS. The third-order valence-corrected chi connectivity index (χ3v) is 5.68. The highest BCUT2D eigenvalue weighted by Crippen LogP contribution is 2.32. The summed E-state index contributed by atoms with van der Waals surface area (Å²) >= 11 is 1.94. The van der Waals surface area contributed by atoms with Crippen molar-refractivity contribution in [3.63, 3.8) is 0 Å². The van der Waals surface area contributed by atoms with Gasteiger partial charge in [0.2, 0.25) is 0 Å². The van der Waals surface area contributed by atoms with Crippen molar-refractivity contribution in [3.05, 3.63) is 35.4 Å². The Hall–Kier alpha value is -0.470. The Labute approximate surface area is 167 Å². The highest BCUT2D eigenvalue weighted by atomic mass is 127. The van der Waals surface area contributed by atoms with Crippen molar-refractivity contribution in [1.82, 2.24) is 10.6 Å². The van der Waals surface area contributed by atoms with Crippen LogP contribution in [0, 0.1) is 6.92 Å². The van der Waals surface area contributed by atoms with Crippen molar-refractivity contribution in [3.8, 4) is 0 Å². The number of aliphatic imine (C=N–C) groups is 1. The molecule has 1 aromatic rings. The Morgan fingerprint density at radius 3 is 2.67 bits per heavy atom. The van der Waals surface area contributed by atoms with Gasteiger partial charge in [0.25, 0.3) is 0 Å². The van der Waals surface area contributed by atoms with Gasteiger partial charge < -0.3 is 15.4 Å². The van der Waals surface area contributed by atoms with E-state index in [1.54, 1.807) is 0 Å². The molecule has 1 saturated heterocycles. The lowest BCUT2D eigenvalue weighted by Crippen LogP contribution is -2.47. The van der Waals surface area contributed by atoms with E-state index in [9.17, 15) is 0 Å². The Balaban J connectivity index is 0.00000288. The molecule has 0 atom stereocenters. The number of hydrogen-bond acceptors (Lipinski definition) is 3. The second kappa shape index (κ2) is 11.2. The predicted octanol–water partition coefficient (Wildman–Crippen LogP) is 3.58. The van der Waals surface area contributed by atoms with Crippen LogP contribution in [-0.2, 0) is 11.3 Å². The van der Waals surface area contributed by atoms with Crippen molar-refractivity contribution in [2.75, 3.05) is 32.6 Å². The van der Waals surface area contributed by atoms with E-state index >= 15 is 0 Å². The van der Waals surface area contributed by atoms with Crippen molar-refractivity contribution in [2.24, 2.45) is 4.99 Å². The lowest BCUT2D eigenvalue weighted by Gasteiger charge is -2.36. The van der Waals surface area contributed by atoms with E-state index in [0.717, 1.165) is 45.1 Å².